The molecule has 0 unspecified atom stereocenters. The number of amides is 1. The molecular weight excluding hydrogens is 362 g/mol. The smallest absolute Gasteiger partial charge is 0.341 e. The Morgan fingerprint density at radius 2 is 1.88 bits per heavy atom. The molecule has 2 rings (SSSR count). The predicted octanol–water partition coefficient (Wildman–Crippen LogP) is 2.89. The number of ether oxygens (including phenoxy) is 2. The topological polar surface area (TPSA) is 94.8 Å². The van der Waals surface area contributed by atoms with Gasteiger partial charge in [0, 0.05) is 17.1 Å². The molecule has 8 heteroatoms. The van der Waals surface area contributed by atoms with Gasteiger partial charge in [0.05, 0.1) is 13.5 Å². The Morgan fingerprint density at radius 1 is 1.19 bits per heavy atom. The Balaban J connectivity index is 1.74. The van der Waals surface area contributed by atoms with Gasteiger partial charge >= 0.3 is 11.9 Å². The van der Waals surface area contributed by atoms with E-state index in [-0.39, 0.29) is 31.0 Å². The molecule has 2 aromatic rings. The van der Waals surface area contributed by atoms with Gasteiger partial charge in [0.1, 0.15) is 23.7 Å². The van der Waals surface area contributed by atoms with E-state index in [2.05, 4.69) is 10.1 Å². The highest BCUT2D eigenvalue weighted by atomic mass is 35.5. The zero-order valence-corrected chi connectivity index (χ0v) is 15.1. The van der Waals surface area contributed by atoms with Crippen molar-refractivity contribution in [2.45, 2.75) is 20.0 Å². The summed E-state index contributed by atoms with van der Waals surface area (Å²) in [6.45, 7) is 1.64. The molecule has 0 atom stereocenters. The van der Waals surface area contributed by atoms with Crippen molar-refractivity contribution in [3.63, 3.8) is 0 Å². The van der Waals surface area contributed by atoms with Crippen molar-refractivity contribution in [1.82, 2.24) is 5.32 Å². The van der Waals surface area contributed by atoms with Crippen molar-refractivity contribution in [3.05, 3.63) is 58.0 Å². The van der Waals surface area contributed by atoms with E-state index in [0.717, 1.165) is 0 Å². The van der Waals surface area contributed by atoms with E-state index in [9.17, 15) is 14.4 Å². The van der Waals surface area contributed by atoms with E-state index in [0.29, 0.717) is 22.1 Å². The first-order chi connectivity index (χ1) is 12.4. The maximum atomic E-state index is 11.9. The summed E-state index contributed by atoms with van der Waals surface area (Å²) in [5.74, 6) is -0.609. The zero-order chi connectivity index (χ0) is 19.1. The highest BCUT2D eigenvalue weighted by Crippen LogP contribution is 2.16. The van der Waals surface area contributed by atoms with E-state index in [1.165, 1.54) is 13.2 Å². The Hall–Kier alpha value is -2.80. The van der Waals surface area contributed by atoms with Crippen molar-refractivity contribution in [2.75, 3.05) is 13.7 Å². The Bertz CT molecular complexity index is 797. The number of furan rings is 1. The number of rotatable bonds is 7. The van der Waals surface area contributed by atoms with Gasteiger partial charge in [-0.1, -0.05) is 11.6 Å². The fourth-order valence-corrected chi connectivity index (χ4v) is 2.26. The summed E-state index contributed by atoms with van der Waals surface area (Å²) in [7, 11) is 1.27. The average Bonchev–Trinajstić information content (AvgIpc) is 3.00. The standard InChI is InChI=1S/C18H18ClNO6/c1-11-15(18(23)24-2)9-14(26-11)10-25-16(21)7-8-20-17(22)12-3-5-13(19)6-4-12/h3-6,9H,7-8,10H2,1-2H3,(H,20,22). The van der Waals surface area contributed by atoms with Crippen molar-refractivity contribution in [3.8, 4) is 0 Å². The van der Waals surface area contributed by atoms with Gasteiger partial charge in [0.15, 0.2) is 0 Å². The van der Waals surface area contributed by atoms with Crippen LogP contribution in [0.2, 0.25) is 5.02 Å². The lowest BCUT2D eigenvalue weighted by molar-refractivity contribution is -0.145. The lowest BCUT2D eigenvalue weighted by Crippen LogP contribution is -2.26. The number of hydrogen-bond acceptors (Lipinski definition) is 6. The Labute approximate surface area is 155 Å². The highest BCUT2D eigenvalue weighted by molar-refractivity contribution is 6.30. The minimum Gasteiger partial charge on any atom is -0.465 e. The van der Waals surface area contributed by atoms with Gasteiger partial charge in [0.2, 0.25) is 0 Å². The number of methoxy groups -OCH3 is 1. The molecule has 0 aliphatic rings. The van der Waals surface area contributed by atoms with Crippen LogP contribution in [0.5, 0.6) is 0 Å². The number of carbonyl (C=O) groups excluding carboxylic acids is 3. The molecule has 0 spiro atoms. The van der Waals surface area contributed by atoms with Crippen LogP contribution in [0.1, 0.15) is 38.7 Å². The molecule has 1 aromatic heterocycles. The van der Waals surface area contributed by atoms with Crippen molar-refractivity contribution >= 4 is 29.4 Å². The van der Waals surface area contributed by atoms with E-state index >= 15 is 0 Å². The molecule has 1 heterocycles. The number of carbonyl (C=O) groups is 3. The quantitative estimate of drug-likeness (QED) is 0.743. The first kappa shape index (κ1) is 19.5. The molecule has 7 nitrogen and oxygen atoms in total. The van der Waals surface area contributed by atoms with Crippen LogP contribution in [0.4, 0.5) is 0 Å². The first-order valence-corrected chi connectivity index (χ1v) is 8.15. The van der Waals surface area contributed by atoms with E-state index in [4.69, 9.17) is 20.8 Å². The van der Waals surface area contributed by atoms with E-state index in [1.807, 2.05) is 0 Å². The number of esters is 2. The number of aryl methyl sites for hydroxylation is 1. The van der Waals surface area contributed by atoms with Crippen molar-refractivity contribution in [1.29, 1.82) is 0 Å². The second-order valence-corrected chi connectivity index (χ2v) is 5.78. The molecule has 0 fully saturated rings. The first-order valence-electron chi connectivity index (χ1n) is 7.77. The van der Waals surface area contributed by atoms with Gasteiger partial charge in [-0.05, 0) is 37.3 Å². The minimum atomic E-state index is -0.520. The monoisotopic (exact) mass is 379 g/mol. The van der Waals surface area contributed by atoms with Gasteiger partial charge in [-0.3, -0.25) is 9.59 Å². The molecular formula is C18H18ClNO6. The van der Waals surface area contributed by atoms with Gasteiger partial charge in [-0.25, -0.2) is 4.79 Å². The van der Waals surface area contributed by atoms with Gasteiger partial charge < -0.3 is 19.2 Å². The lowest BCUT2D eigenvalue weighted by Gasteiger charge is -2.05. The van der Waals surface area contributed by atoms with Crippen LogP contribution in [-0.4, -0.2) is 31.5 Å². The molecule has 26 heavy (non-hydrogen) atoms. The predicted molar refractivity (Wildman–Crippen MR) is 93.0 cm³/mol. The number of nitrogens with one attached hydrogen (secondary N) is 1. The fraction of sp³-hybridized carbons (Fsp3) is 0.278. The molecule has 0 radical (unpaired) electrons. The molecule has 0 saturated carbocycles. The molecule has 1 aromatic carbocycles. The Morgan fingerprint density at radius 3 is 2.54 bits per heavy atom. The summed E-state index contributed by atoms with van der Waals surface area (Å²) in [6.07, 6.45) is 0.00286. The minimum absolute atomic E-state index is 0.00286. The second kappa shape index (κ2) is 9.05. The number of hydrogen-bond donors (Lipinski definition) is 1. The SMILES string of the molecule is COC(=O)c1cc(COC(=O)CCNC(=O)c2ccc(Cl)cc2)oc1C. The molecule has 0 bridgehead atoms. The molecule has 1 amide bonds. The van der Waals surface area contributed by atoms with Crippen LogP contribution in [0.3, 0.4) is 0 Å². The maximum Gasteiger partial charge on any atom is 0.341 e. The van der Waals surface area contributed by atoms with Crippen LogP contribution in [0.15, 0.2) is 34.7 Å². The normalized spacial score (nSPS) is 10.3. The third-order valence-electron chi connectivity index (χ3n) is 3.47. The van der Waals surface area contributed by atoms with Gasteiger partial charge in [0.25, 0.3) is 5.91 Å². The van der Waals surface area contributed by atoms with Crippen LogP contribution in [-0.2, 0) is 20.9 Å². The van der Waals surface area contributed by atoms with Crippen molar-refractivity contribution in [2.24, 2.45) is 0 Å². The second-order valence-electron chi connectivity index (χ2n) is 5.35. The van der Waals surface area contributed by atoms with Crippen LogP contribution >= 0.6 is 11.6 Å². The largest absolute Gasteiger partial charge is 0.465 e. The average molecular weight is 380 g/mol. The molecule has 138 valence electrons. The van der Waals surface area contributed by atoms with Crippen LogP contribution < -0.4 is 5.32 Å². The summed E-state index contributed by atoms with van der Waals surface area (Å²) in [5.41, 5.74) is 0.734. The zero-order valence-electron chi connectivity index (χ0n) is 14.3. The molecule has 0 aliphatic heterocycles. The number of halogens is 1. The van der Waals surface area contributed by atoms with Gasteiger partial charge in [-0.2, -0.15) is 0 Å². The summed E-state index contributed by atoms with van der Waals surface area (Å²) in [5, 5.41) is 3.15. The van der Waals surface area contributed by atoms with Gasteiger partial charge in [-0.15, -0.1) is 0 Å². The summed E-state index contributed by atoms with van der Waals surface area (Å²) in [4.78, 5) is 35.1. The Kier molecular flexibility index (Phi) is 6.80. The molecule has 0 saturated heterocycles. The van der Waals surface area contributed by atoms with Crippen LogP contribution in [0.25, 0.3) is 0 Å². The van der Waals surface area contributed by atoms with E-state index < -0.39 is 11.9 Å². The third-order valence-corrected chi connectivity index (χ3v) is 3.72. The summed E-state index contributed by atoms with van der Waals surface area (Å²) >= 11 is 5.76. The lowest BCUT2D eigenvalue weighted by atomic mass is 10.2. The highest BCUT2D eigenvalue weighted by Gasteiger charge is 2.16. The van der Waals surface area contributed by atoms with Crippen LogP contribution in [0, 0.1) is 6.92 Å². The fourth-order valence-electron chi connectivity index (χ4n) is 2.13. The number of benzene rings is 1. The summed E-state index contributed by atoms with van der Waals surface area (Å²) < 4.78 is 15.0. The molecule has 1 N–H and O–H groups in total. The van der Waals surface area contributed by atoms with E-state index in [1.54, 1.807) is 31.2 Å². The summed E-state index contributed by atoms with van der Waals surface area (Å²) in [6, 6.07) is 7.87. The molecule has 0 aliphatic carbocycles. The maximum absolute atomic E-state index is 11.9. The third kappa shape index (κ3) is 5.35. The van der Waals surface area contributed by atoms with Crippen molar-refractivity contribution < 1.29 is 28.3 Å².